The van der Waals surface area contributed by atoms with Crippen LogP contribution < -0.4 is 15.2 Å². The number of anilines is 1. The van der Waals surface area contributed by atoms with Gasteiger partial charge >= 0.3 is 0 Å². The first-order valence-electron chi connectivity index (χ1n) is 9.79. The van der Waals surface area contributed by atoms with Crippen LogP contribution in [0.4, 0.5) is 5.82 Å². The number of allylic oxidation sites excluding steroid dienone is 1. The molecule has 1 fully saturated rings. The van der Waals surface area contributed by atoms with Crippen LogP contribution in [0.3, 0.4) is 0 Å². The van der Waals surface area contributed by atoms with Crippen LogP contribution in [0.5, 0.6) is 11.5 Å². The van der Waals surface area contributed by atoms with E-state index in [1.54, 1.807) is 42.0 Å². The number of carbonyl (C=O) groups is 1. The van der Waals surface area contributed by atoms with Crippen LogP contribution in [0.15, 0.2) is 36.7 Å². The van der Waals surface area contributed by atoms with E-state index in [-0.39, 0.29) is 11.9 Å². The molecule has 0 radical (unpaired) electrons. The van der Waals surface area contributed by atoms with Gasteiger partial charge in [0.1, 0.15) is 29.3 Å². The molecule has 1 amide bonds. The van der Waals surface area contributed by atoms with Crippen LogP contribution in [0.1, 0.15) is 17.3 Å². The van der Waals surface area contributed by atoms with Crippen molar-refractivity contribution in [3.8, 4) is 23.3 Å². The topological polar surface area (TPSA) is 108 Å². The van der Waals surface area contributed by atoms with E-state index in [9.17, 15) is 4.79 Å². The summed E-state index contributed by atoms with van der Waals surface area (Å²) in [5.74, 6) is 7.73. The summed E-state index contributed by atoms with van der Waals surface area (Å²) in [4.78, 5) is 22.4. The van der Waals surface area contributed by atoms with Crippen LogP contribution in [-0.2, 0) is 4.79 Å². The average Bonchev–Trinajstić information content (AvgIpc) is 3.14. The minimum absolute atomic E-state index is 0.0133. The van der Waals surface area contributed by atoms with Crippen LogP contribution in [0.25, 0.3) is 11.0 Å². The molecule has 2 aromatic heterocycles. The van der Waals surface area contributed by atoms with Crippen molar-refractivity contribution in [2.24, 2.45) is 0 Å². The molecule has 0 spiro atoms. The summed E-state index contributed by atoms with van der Waals surface area (Å²) >= 11 is 3.28. The Kier molecular flexibility index (Phi) is 6.28. The van der Waals surface area contributed by atoms with Crippen LogP contribution in [0.2, 0.25) is 0 Å². The van der Waals surface area contributed by atoms with Crippen molar-refractivity contribution in [3.63, 3.8) is 0 Å². The lowest BCUT2D eigenvalue weighted by atomic mass is 10.1. The molecule has 10 heteroatoms. The quantitative estimate of drug-likeness (QED) is 0.327. The van der Waals surface area contributed by atoms with E-state index in [4.69, 9.17) is 15.2 Å². The number of methoxy groups -OCH3 is 2. The smallest absolute Gasteiger partial charge is 0.246 e. The molecular weight excluding hydrogens is 476 g/mol. The predicted octanol–water partition coefficient (Wildman–Crippen LogP) is 2.16. The Morgan fingerprint density at radius 3 is 2.59 bits per heavy atom. The fourth-order valence-electron chi connectivity index (χ4n) is 3.39. The second kappa shape index (κ2) is 9.28. The third-order valence-electron chi connectivity index (χ3n) is 5.06. The Morgan fingerprint density at radius 2 is 1.94 bits per heavy atom. The molecule has 0 saturated carbocycles. The van der Waals surface area contributed by atoms with Crippen LogP contribution in [0, 0.1) is 11.8 Å². The van der Waals surface area contributed by atoms with Crippen molar-refractivity contribution in [2.45, 2.75) is 6.04 Å². The number of ether oxygens (including phenoxy) is 2. The first kappa shape index (κ1) is 21.6. The Balaban J connectivity index is 1.66. The summed E-state index contributed by atoms with van der Waals surface area (Å²) in [7, 11) is 3.17. The molecule has 164 valence electrons. The summed E-state index contributed by atoms with van der Waals surface area (Å²) in [5, 5.41) is 5.90. The Hall–Kier alpha value is -3.58. The summed E-state index contributed by atoms with van der Waals surface area (Å²) in [6, 6.07) is 5.38. The number of benzene rings is 1. The number of fused-ring (bicyclic) bond motifs is 1. The van der Waals surface area contributed by atoms with Crippen LogP contribution >= 0.6 is 15.9 Å². The van der Waals surface area contributed by atoms with Crippen molar-refractivity contribution in [2.75, 3.05) is 38.4 Å². The Bertz CT molecular complexity index is 1230. The minimum atomic E-state index is -0.0294. The molecule has 0 atom stereocenters. The molecular formula is C22H21BrN6O3. The molecule has 0 aliphatic carbocycles. The highest BCUT2D eigenvalue weighted by Crippen LogP contribution is 2.28. The largest absolute Gasteiger partial charge is 0.497 e. The van der Waals surface area contributed by atoms with Gasteiger partial charge in [0.05, 0.1) is 25.6 Å². The number of nitrogens with two attached hydrogens (primary N) is 1. The zero-order chi connectivity index (χ0) is 22.7. The van der Waals surface area contributed by atoms with Gasteiger partial charge in [0, 0.05) is 30.0 Å². The van der Waals surface area contributed by atoms with Crippen molar-refractivity contribution in [3.05, 3.63) is 47.9 Å². The van der Waals surface area contributed by atoms with Gasteiger partial charge in [-0.1, -0.05) is 27.9 Å². The number of aromatic nitrogens is 4. The van der Waals surface area contributed by atoms with Crippen molar-refractivity contribution in [1.29, 1.82) is 0 Å². The fourth-order valence-corrected chi connectivity index (χ4v) is 3.58. The van der Waals surface area contributed by atoms with Crippen molar-refractivity contribution < 1.29 is 14.3 Å². The molecule has 3 heterocycles. The number of alkyl halides is 1. The second-order valence-corrected chi connectivity index (χ2v) is 7.70. The van der Waals surface area contributed by atoms with Gasteiger partial charge < -0.3 is 20.1 Å². The molecule has 1 saturated heterocycles. The normalized spacial score (nSPS) is 13.7. The van der Waals surface area contributed by atoms with E-state index in [0.717, 1.165) is 0 Å². The summed E-state index contributed by atoms with van der Waals surface area (Å²) in [5.41, 5.74) is 7.91. The van der Waals surface area contributed by atoms with Gasteiger partial charge in [0.2, 0.25) is 5.91 Å². The number of carbonyl (C=O) groups excluding carboxylic acids is 1. The number of halogens is 1. The number of nitrogen functional groups attached to an aromatic ring is 1. The number of rotatable bonds is 5. The number of hydrogen-bond acceptors (Lipinski definition) is 7. The highest BCUT2D eigenvalue weighted by Gasteiger charge is 2.33. The fraction of sp³-hybridized carbons (Fsp3) is 0.273. The lowest BCUT2D eigenvalue weighted by Gasteiger charge is -2.38. The number of nitrogens with zero attached hydrogens (tertiary/aromatic N) is 5. The molecule has 0 unspecified atom stereocenters. The molecule has 1 aliphatic heterocycles. The zero-order valence-corrected chi connectivity index (χ0v) is 19.2. The molecule has 0 bridgehead atoms. The first-order valence-corrected chi connectivity index (χ1v) is 10.9. The average molecular weight is 497 g/mol. The third-order valence-corrected chi connectivity index (χ3v) is 5.44. The van der Waals surface area contributed by atoms with Gasteiger partial charge in [0.25, 0.3) is 0 Å². The van der Waals surface area contributed by atoms with Gasteiger partial charge in [-0.15, -0.1) is 0 Å². The number of hydrogen-bond donors (Lipinski definition) is 1. The Labute approximate surface area is 193 Å². The molecule has 3 aromatic rings. The highest BCUT2D eigenvalue weighted by molar-refractivity contribution is 9.09. The molecule has 4 rings (SSSR count). The second-order valence-electron chi connectivity index (χ2n) is 7.06. The molecule has 1 aromatic carbocycles. The van der Waals surface area contributed by atoms with Gasteiger partial charge in [-0.3, -0.25) is 4.79 Å². The lowest BCUT2D eigenvalue weighted by molar-refractivity contribution is -0.131. The van der Waals surface area contributed by atoms with Gasteiger partial charge in [0.15, 0.2) is 5.65 Å². The molecule has 2 N–H and O–H groups in total. The molecule has 1 aliphatic rings. The van der Waals surface area contributed by atoms with Gasteiger partial charge in [-0.2, -0.15) is 5.10 Å². The SMILES string of the molecule is COc1cc(C#Cc2nn(C3CN(C(=O)C=CCBr)C3)c3ncnc(N)c23)cc(OC)c1. The molecule has 32 heavy (non-hydrogen) atoms. The zero-order valence-electron chi connectivity index (χ0n) is 17.6. The van der Waals surface area contributed by atoms with E-state index in [1.165, 1.54) is 6.33 Å². The highest BCUT2D eigenvalue weighted by atomic mass is 79.9. The first-order chi connectivity index (χ1) is 15.5. The van der Waals surface area contributed by atoms with E-state index in [1.807, 2.05) is 12.1 Å². The summed E-state index contributed by atoms with van der Waals surface area (Å²) in [6.45, 7) is 1.07. The Morgan fingerprint density at radius 1 is 1.22 bits per heavy atom. The van der Waals surface area contributed by atoms with Gasteiger partial charge in [-0.05, 0) is 24.1 Å². The lowest BCUT2D eigenvalue weighted by Crippen LogP contribution is -2.50. The maximum Gasteiger partial charge on any atom is 0.246 e. The van der Waals surface area contributed by atoms with Gasteiger partial charge in [-0.25, -0.2) is 14.6 Å². The third kappa shape index (κ3) is 4.24. The van der Waals surface area contributed by atoms with Crippen LogP contribution in [-0.4, -0.2) is 63.2 Å². The van der Waals surface area contributed by atoms with E-state index < -0.39 is 0 Å². The number of likely N-dealkylation sites (tertiary alicyclic amines) is 1. The maximum absolute atomic E-state index is 12.1. The summed E-state index contributed by atoms with van der Waals surface area (Å²) < 4.78 is 12.4. The number of amides is 1. The summed E-state index contributed by atoms with van der Waals surface area (Å²) in [6.07, 6.45) is 4.74. The monoisotopic (exact) mass is 496 g/mol. The van der Waals surface area contributed by atoms with E-state index >= 15 is 0 Å². The van der Waals surface area contributed by atoms with E-state index in [2.05, 4.69) is 42.8 Å². The minimum Gasteiger partial charge on any atom is -0.497 e. The molecule has 9 nitrogen and oxygen atoms in total. The predicted molar refractivity (Wildman–Crippen MR) is 124 cm³/mol. The van der Waals surface area contributed by atoms with E-state index in [0.29, 0.717) is 58.0 Å². The standard InChI is InChI=1S/C22H21BrN6O3/c1-31-16-8-14(9-17(10-16)32-2)5-6-18-20-21(24)25-13-26-22(20)29(27-18)15-11-28(12-15)19(30)4-3-7-23/h3-4,8-10,13,15H,7,11-12H2,1-2H3,(H2,24,25,26). The van der Waals surface area contributed by atoms with Crippen molar-refractivity contribution >= 4 is 38.7 Å². The van der Waals surface area contributed by atoms with Crippen molar-refractivity contribution in [1.82, 2.24) is 24.6 Å². The maximum atomic E-state index is 12.1.